The first-order chi connectivity index (χ1) is 10.0. The predicted octanol–water partition coefficient (Wildman–Crippen LogP) is 3.34. The van der Waals surface area contributed by atoms with Crippen LogP contribution in [0.25, 0.3) is 0 Å². The fraction of sp³-hybridized carbons (Fsp3) is 0.176. The summed E-state index contributed by atoms with van der Waals surface area (Å²) in [6, 6.07) is 16.7. The number of hydrogen-bond donors (Lipinski definition) is 0. The maximum absolute atomic E-state index is 14.4. The molecule has 0 N–H and O–H groups in total. The smallest absolute Gasteiger partial charge is 0.352 e. The summed E-state index contributed by atoms with van der Waals surface area (Å²) in [5, 5.41) is 0. The van der Waals surface area contributed by atoms with Crippen LogP contribution in [0.15, 0.2) is 60.7 Å². The maximum atomic E-state index is 14.4. The number of ether oxygens (including phenoxy) is 1. The molecule has 0 aliphatic carbocycles. The minimum Gasteiger partial charge on any atom is -0.458 e. The lowest BCUT2D eigenvalue weighted by Crippen LogP contribution is -2.40. The molecule has 0 saturated heterocycles. The van der Waals surface area contributed by atoms with E-state index in [4.69, 9.17) is 4.74 Å². The van der Waals surface area contributed by atoms with Crippen LogP contribution in [0.3, 0.4) is 0 Å². The third kappa shape index (κ3) is 3.54. The summed E-state index contributed by atoms with van der Waals surface area (Å²) in [6.07, 6.45) is 0. The molecular weight excluding hydrogens is 271 g/mol. The Morgan fingerprint density at radius 2 is 1.52 bits per heavy atom. The van der Waals surface area contributed by atoms with Gasteiger partial charge in [-0.05, 0) is 12.5 Å². The SMILES string of the molecule is C[C@](F)(C(=O)OCc1ccccc1)C(=O)c1ccccc1. The van der Waals surface area contributed by atoms with Gasteiger partial charge in [-0.3, -0.25) is 4.79 Å². The zero-order chi connectivity index (χ0) is 15.3. The van der Waals surface area contributed by atoms with Crippen molar-refractivity contribution >= 4 is 11.8 Å². The lowest BCUT2D eigenvalue weighted by atomic mass is 9.96. The van der Waals surface area contributed by atoms with E-state index in [1.807, 2.05) is 6.07 Å². The summed E-state index contributed by atoms with van der Waals surface area (Å²) in [7, 11) is 0. The first-order valence-electron chi connectivity index (χ1n) is 6.51. The highest BCUT2D eigenvalue weighted by molar-refractivity contribution is 6.14. The lowest BCUT2D eigenvalue weighted by molar-refractivity contribution is -0.154. The van der Waals surface area contributed by atoms with E-state index in [9.17, 15) is 14.0 Å². The van der Waals surface area contributed by atoms with Crippen LogP contribution in [0.5, 0.6) is 0 Å². The monoisotopic (exact) mass is 286 g/mol. The quantitative estimate of drug-likeness (QED) is 0.481. The van der Waals surface area contributed by atoms with Gasteiger partial charge >= 0.3 is 5.97 Å². The Kier molecular flexibility index (Phi) is 4.48. The molecule has 0 aliphatic heterocycles. The van der Waals surface area contributed by atoms with Crippen molar-refractivity contribution in [1.29, 1.82) is 0 Å². The van der Waals surface area contributed by atoms with Crippen LogP contribution >= 0.6 is 0 Å². The molecule has 1 atom stereocenters. The number of esters is 1. The van der Waals surface area contributed by atoms with Gasteiger partial charge in [0, 0.05) is 5.56 Å². The number of ketones is 1. The van der Waals surface area contributed by atoms with Gasteiger partial charge in [0.2, 0.25) is 5.78 Å². The van der Waals surface area contributed by atoms with Crippen LogP contribution < -0.4 is 0 Å². The fourth-order valence-corrected chi connectivity index (χ4v) is 1.81. The molecule has 2 aromatic rings. The molecule has 21 heavy (non-hydrogen) atoms. The third-order valence-electron chi connectivity index (χ3n) is 3.06. The number of carbonyl (C=O) groups excluding carboxylic acids is 2. The number of carbonyl (C=O) groups is 2. The second-order valence-electron chi connectivity index (χ2n) is 4.76. The van der Waals surface area contributed by atoms with Crippen molar-refractivity contribution in [2.45, 2.75) is 19.2 Å². The van der Waals surface area contributed by atoms with Crippen molar-refractivity contribution < 1.29 is 18.7 Å². The summed E-state index contributed by atoms with van der Waals surface area (Å²) in [5.74, 6) is -2.08. The highest BCUT2D eigenvalue weighted by Crippen LogP contribution is 2.20. The molecular formula is C17H15FO3. The number of hydrogen-bond acceptors (Lipinski definition) is 3. The Morgan fingerprint density at radius 3 is 2.10 bits per heavy atom. The summed E-state index contributed by atoms with van der Waals surface area (Å²) in [4.78, 5) is 23.9. The van der Waals surface area contributed by atoms with E-state index in [0.717, 1.165) is 12.5 Å². The van der Waals surface area contributed by atoms with E-state index < -0.39 is 17.4 Å². The van der Waals surface area contributed by atoms with Crippen molar-refractivity contribution in [3.8, 4) is 0 Å². The summed E-state index contributed by atoms with van der Waals surface area (Å²) in [5.41, 5.74) is -1.83. The fourth-order valence-electron chi connectivity index (χ4n) is 1.81. The molecule has 0 aromatic heterocycles. The molecule has 0 unspecified atom stereocenters. The molecule has 0 heterocycles. The number of alkyl halides is 1. The Labute approximate surface area is 122 Å². The number of Topliss-reactive ketones (excluding diaryl/α,β-unsaturated/α-hetero) is 1. The van der Waals surface area contributed by atoms with Gasteiger partial charge in [0.05, 0.1) is 0 Å². The van der Waals surface area contributed by atoms with Crippen LogP contribution in [-0.4, -0.2) is 17.4 Å². The average molecular weight is 286 g/mol. The average Bonchev–Trinajstić information content (AvgIpc) is 2.53. The Morgan fingerprint density at radius 1 is 1.00 bits per heavy atom. The standard InChI is InChI=1S/C17H15FO3/c1-17(18,15(19)14-10-6-3-7-11-14)16(20)21-12-13-8-4-2-5-9-13/h2-11H,12H2,1H3/t17-/m1/s1. The van der Waals surface area contributed by atoms with Crippen molar-refractivity contribution in [3.05, 3.63) is 71.8 Å². The predicted molar refractivity (Wildman–Crippen MR) is 76.5 cm³/mol. The van der Waals surface area contributed by atoms with Gasteiger partial charge < -0.3 is 4.74 Å². The normalized spacial score (nSPS) is 13.2. The van der Waals surface area contributed by atoms with Crippen molar-refractivity contribution in [2.24, 2.45) is 0 Å². The molecule has 0 spiro atoms. The highest BCUT2D eigenvalue weighted by atomic mass is 19.1. The van der Waals surface area contributed by atoms with Crippen molar-refractivity contribution in [3.63, 3.8) is 0 Å². The highest BCUT2D eigenvalue weighted by Gasteiger charge is 2.43. The minimum atomic E-state index is -2.70. The topological polar surface area (TPSA) is 43.4 Å². The molecule has 2 rings (SSSR count). The van der Waals surface area contributed by atoms with Gasteiger partial charge in [0.25, 0.3) is 5.67 Å². The minimum absolute atomic E-state index is 0.0682. The van der Waals surface area contributed by atoms with Gasteiger partial charge in [0.1, 0.15) is 6.61 Å². The van der Waals surface area contributed by atoms with Gasteiger partial charge in [-0.15, -0.1) is 0 Å². The van der Waals surface area contributed by atoms with Crippen molar-refractivity contribution in [1.82, 2.24) is 0 Å². The van der Waals surface area contributed by atoms with Crippen LogP contribution in [0, 0.1) is 0 Å². The molecule has 2 aromatic carbocycles. The van der Waals surface area contributed by atoms with E-state index in [0.29, 0.717) is 0 Å². The van der Waals surface area contributed by atoms with Gasteiger partial charge in [-0.1, -0.05) is 60.7 Å². The maximum Gasteiger partial charge on any atom is 0.352 e. The molecule has 4 heteroatoms. The molecule has 0 bridgehead atoms. The summed E-state index contributed by atoms with van der Waals surface area (Å²) in [6.45, 7) is 0.858. The molecule has 108 valence electrons. The number of rotatable bonds is 5. The third-order valence-corrected chi connectivity index (χ3v) is 3.06. The Hall–Kier alpha value is -2.49. The van der Waals surface area contributed by atoms with Crippen LogP contribution in [0.4, 0.5) is 4.39 Å². The number of benzene rings is 2. The zero-order valence-electron chi connectivity index (χ0n) is 11.6. The van der Waals surface area contributed by atoms with Crippen molar-refractivity contribution in [2.75, 3.05) is 0 Å². The second-order valence-corrected chi connectivity index (χ2v) is 4.76. The molecule has 0 fully saturated rings. The van der Waals surface area contributed by atoms with Gasteiger partial charge in [0.15, 0.2) is 0 Å². The van der Waals surface area contributed by atoms with Crippen LogP contribution in [0.2, 0.25) is 0 Å². The van der Waals surface area contributed by atoms with E-state index >= 15 is 0 Å². The van der Waals surface area contributed by atoms with E-state index in [-0.39, 0.29) is 12.2 Å². The van der Waals surface area contributed by atoms with E-state index in [1.165, 1.54) is 12.1 Å². The Balaban J connectivity index is 2.05. The van der Waals surface area contributed by atoms with Gasteiger partial charge in [-0.25, -0.2) is 9.18 Å². The molecule has 0 aliphatic rings. The summed E-state index contributed by atoms with van der Waals surface area (Å²) < 4.78 is 19.3. The second kappa shape index (κ2) is 6.31. The Bertz CT molecular complexity index is 621. The molecule has 0 amide bonds. The van der Waals surface area contributed by atoms with E-state index in [2.05, 4.69) is 0 Å². The largest absolute Gasteiger partial charge is 0.458 e. The van der Waals surface area contributed by atoms with Crippen LogP contribution in [-0.2, 0) is 16.1 Å². The first kappa shape index (κ1) is 14.9. The zero-order valence-corrected chi connectivity index (χ0v) is 11.6. The lowest BCUT2D eigenvalue weighted by Gasteiger charge is -2.17. The summed E-state index contributed by atoms with van der Waals surface area (Å²) >= 11 is 0. The molecule has 0 saturated carbocycles. The van der Waals surface area contributed by atoms with Crippen LogP contribution in [0.1, 0.15) is 22.8 Å². The first-order valence-corrected chi connectivity index (χ1v) is 6.51. The number of halogens is 1. The van der Waals surface area contributed by atoms with Gasteiger partial charge in [-0.2, -0.15) is 0 Å². The molecule has 0 radical (unpaired) electrons. The molecule has 3 nitrogen and oxygen atoms in total. The van der Waals surface area contributed by atoms with E-state index in [1.54, 1.807) is 42.5 Å².